The highest BCUT2D eigenvalue weighted by Crippen LogP contribution is 2.57. The number of hydrogen-bond donors (Lipinski definition) is 1. The highest BCUT2D eigenvalue weighted by Gasteiger charge is 2.47. The standard InChI is InChI=1S/C31H49BrF2N4O4S3/c1-7-11-18-43(39)37-31(22-33,30-29(34)27(20-28(32)36-30)44(8-2,9-3)10-4)23-45(40)35-16-12-13-17-38(45)21-24-14-15-25(41-5)19-26(24)42-6/h14-15,19-20,37H,7-13,16-18,21-23H2,1-6H3/t31-,43?,45?/m0/s1. The minimum absolute atomic E-state index is 0.200. The Morgan fingerprint density at radius 3 is 2.47 bits per heavy atom. The van der Waals surface area contributed by atoms with Gasteiger partial charge >= 0.3 is 0 Å². The Bertz CT molecular complexity index is 1390. The summed E-state index contributed by atoms with van der Waals surface area (Å²) in [6.07, 6.45) is 2.83. The van der Waals surface area contributed by atoms with Crippen molar-refractivity contribution < 1.29 is 27.0 Å². The molecule has 0 bridgehead atoms. The number of alkyl halides is 1. The zero-order valence-corrected chi connectivity index (χ0v) is 31.4. The van der Waals surface area contributed by atoms with Crippen molar-refractivity contribution in [3.8, 4) is 11.5 Å². The second kappa shape index (κ2) is 17.3. The smallest absolute Gasteiger partial charge is 0.159 e. The van der Waals surface area contributed by atoms with E-state index >= 15 is 13.0 Å². The largest absolute Gasteiger partial charge is 0.598 e. The van der Waals surface area contributed by atoms with Crippen molar-refractivity contribution in [2.75, 3.05) is 62.7 Å². The zero-order valence-electron chi connectivity index (χ0n) is 27.3. The summed E-state index contributed by atoms with van der Waals surface area (Å²) < 4.78 is 81.9. The summed E-state index contributed by atoms with van der Waals surface area (Å²) in [7, 11) is -1.84. The Balaban J connectivity index is 2.23. The molecule has 0 radical (unpaired) electrons. The molecule has 1 aromatic heterocycles. The van der Waals surface area contributed by atoms with Gasteiger partial charge in [-0.25, -0.2) is 36.7 Å². The third-order valence-electron chi connectivity index (χ3n) is 8.48. The van der Waals surface area contributed by atoms with Gasteiger partial charge in [-0.15, -0.1) is 4.72 Å². The van der Waals surface area contributed by atoms with E-state index < -0.39 is 55.1 Å². The van der Waals surface area contributed by atoms with Gasteiger partial charge in [0.2, 0.25) is 0 Å². The van der Waals surface area contributed by atoms with Crippen LogP contribution in [0.5, 0.6) is 11.5 Å². The van der Waals surface area contributed by atoms with E-state index in [0.717, 1.165) is 35.7 Å². The van der Waals surface area contributed by atoms with E-state index in [-0.39, 0.29) is 18.0 Å². The van der Waals surface area contributed by atoms with Crippen LogP contribution >= 0.6 is 26.0 Å². The first-order chi connectivity index (χ1) is 21.5. The molecule has 1 aliphatic heterocycles. The van der Waals surface area contributed by atoms with Gasteiger partial charge in [0.05, 0.1) is 20.0 Å². The first kappa shape index (κ1) is 38.3. The summed E-state index contributed by atoms with van der Waals surface area (Å²) >= 11 is 1.72. The first-order valence-electron chi connectivity index (χ1n) is 15.5. The maximum absolute atomic E-state index is 16.9. The third kappa shape index (κ3) is 8.85. The number of benzene rings is 1. The summed E-state index contributed by atoms with van der Waals surface area (Å²) in [5.41, 5.74) is -1.42. The Labute approximate surface area is 281 Å². The minimum Gasteiger partial charge on any atom is -0.598 e. The Kier molecular flexibility index (Phi) is 14.7. The number of aromatic nitrogens is 1. The van der Waals surface area contributed by atoms with Crippen LogP contribution in [0.1, 0.15) is 64.6 Å². The molecule has 1 N–H and O–H groups in total. The van der Waals surface area contributed by atoms with E-state index in [1.807, 2.05) is 33.8 Å². The SMILES string of the molecule is CCCC[S+]([O-])N[C@@](CF)(CS1(=O)=NCCCCN1Cc1ccc(OC)cc1OC)c1nc(Br)cc(S(CC)(CC)CC)c1F. The second-order valence-electron chi connectivity index (χ2n) is 11.1. The van der Waals surface area contributed by atoms with E-state index in [0.29, 0.717) is 46.9 Å². The number of ether oxygens (including phenoxy) is 2. The van der Waals surface area contributed by atoms with Gasteiger partial charge in [0.1, 0.15) is 49.7 Å². The van der Waals surface area contributed by atoms with Crippen molar-refractivity contribution in [2.45, 2.75) is 70.4 Å². The van der Waals surface area contributed by atoms with E-state index in [1.54, 1.807) is 36.7 Å². The second-order valence-corrected chi connectivity index (χ2v) is 19.7. The average molecular weight is 756 g/mol. The summed E-state index contributed by atoms with van der Waals surface area (Å²) in [6, 6.07) is 7.08. The number of nitrogens with one attached hydrogen (secondary N) is 1. The van der Waals surface area contributed by atoms with E-state index in [2.05, 4.69) is 30.0 Å². The molecule has 3 rings (SSSR count). The van der Waals surface area contributed by atoms with Gasteiger partial charge in [-0.2, -0.15) is 0 Å². The van der Waals surface area contributed by atoms with Crippen molar-refractivity contribution in [3.05, 3.63) is 45.9 Å². The molecule has 1 aromatic carbocycles. The molecule has 0 saturated heterocycles. The van der Waals surface area contributed by atoms with Crippen LogP contribution in [0.2, 0.25) is 0 Å². The molecule has 0 fully saturated rings. The average Bonchev–Trinajstić information content (AvgIpc) is 3.22. The van der Waals surface area contributed by atoms with Crippen LogP contribution in [-0.2, 0) is 33.4 Å². The normalized spacial score (nSPS) is 20.1. The number of halogens is 3. The molecule has 2 heterocycles. The number of rotatable bonds is 17. The molecular weight excluding hydrogens is 706 g/mol. The van der Waals surface area contributed by atoms with Crippen LogP contribution in [0.3, 0.4) is 0 Å². The predicted octanol–water partition coefficient (Wildman–Crippen LogP) is 7.12. The van der Waals surface area contributed by atoms with Crippen molar-refractivity contribution in [1.82, 2.24) is 14.0 Å². The monoisotopic (exact) mass is 754 g/mol. The van der Waals surface area contributed by atoms with Gasteiger partial charge in [0, 0.05) is 47.5 Å². The molecule has 2 unspecified atom stereocenters. The van der Waals surface area contributed by atoms with Crippen LogP contribution in [0.15, 0.2) is 38.1 Å². The van der Waals surface area contributed by atoms with Crippen molar-refractivity contribution >= 4 is 47.2 Å². The summed E-state index contributed by atoms with van der Waals surface area (Å²) in [5.74, 6) is 2.58. The van der Waals surface area contributed by atoms with Crippen LogP contribution in [0.4, 0.5) is 8.78 Å². The molecule has 1 aliphatic rings. The van der Waals surface area contributed by atoms with Gasteiger partial charge < -0.3 is 14.0 Å². The topological polar surface area (TPSA) is 99.1 Å². The van der Waals surface area contributed by atoms with Gasteiger partial charge in [0.15, 0.2) is 5.82 Å². The lowest BCUT2D eigenvalue weighted by Crippen LogP contribution is -2.55. The van der Waals surface area contributed by atoms with E-state index in [9.17, 15) is 4.55 Å². The highest BCUT2D eigenvalue weighted by molar-refractivity contribution is 9.10. The van der Waals surface area contributed by atoms with E-state index in [4.69, 9.17) is 9.47 Å². The fraction of sp³-hybridized carbons (Fsp3) is 0.645. The molecular formula is C31H49BrF2N4O4S3. The maximum atomic E-state index is 16.9. The third-order valence-corrected chi connectivity index (χ3v) is 17.3. The summed E-state index contributed by atoms with van der Waals surface area (Å²) in [6.45, 7) is 7.86. The van der Waals surface area contributed by atoms with Crippen molar-refractivity contribution in [3.63, 3.8) is 0 Å². The molecule has 2 aromatic rings. The minimum atomic E-state index is -3.37. The van der Waals surface area contributed by atoms with Gasteiger partial charge in [-0.1, -0.05) is 40.2 Å². The predicted molar refractivity (Wildman–Crippen MR) is 188 cm³/mol. The van der Waals surface area contributed by atoms with Gasteiger partial charge in [-0.05, 0) is 64.6 Å². The van der Waals surface area contributed by atoms with E-state index in [1.165, 1.54) is 0 Å². The summed E-state index contributed by atoms with van der Waals surface area (Å²) in [5, 5.41) is 0. The van der Waals surface area contributed by atoms with Crippen LogP contribution in [0.25, 0.3) is 0 Å². The maximum Gasteiger partial charge on any atom is 0.159 e. The highest BCUT2D eigenvalue weighted by atomic mass is 79.9. The Morgan fingerprint density at radius 2 is 1.87 bits per heavy atom. The fourth-order valence-electron chi connectivity index (χ4n) is 5.65. The van der Waals surface area contributed by atoms with Crippen LogP contribution in [-0.4, -0.2) is 80.8 Å². The molecule has 0 amide bonds. The fourth-order valence-corrected chi connectivity index (χ4v) is 13.1. The van der Waals surface area contributed by atoms with Crippen LogP contribution in [0, 0.1) is 5.82 Å². The first-order valence-corrected chi connectivity index (χ1v) is 21.4. The summed E-state index contributed by atoms with van der Waals surface area (Å²) in [4.78, 5) is 5.00. The number of hydrogen-bond acceptors (Lipinski definition) is 7. The number of unbranched alkanes of at least 4 members (excludes halogenated alkanes) is 1. The number of methoxy groups -OCH3 is 2. The Morgan fingerprint density at radius 1 is 1.16 bits per heavy atom. The van der Waals surface area contributed by atoms with Crippen molar-refractivity contribution in [1.29, 1.82) is 0 Å². The van der Waals surface area contributed by atoms with Gasteiger partial charge in [-0.3, -0.25) is 0 Å². The van der Waals surface area contributed by atoms with Gasteiger partial charge in [0.25, 0.3) is 0 Å². The van der Waals surface area contributed by atoms with Crippen molar-refractivity contribution in [2.24, 2.45) is 4.36 Å². The lowest BCUT2D eigenvalue weighted by Gasteiger charge is -2.40. The molecule has 0 aliphatic carbocycles. The molecule has 3 atom stereocenters. The lowest BCUT2D eigenvalue weighted by molar-refractivity contribution is 0.289. The Hall–Kier alpha value is -1.16. The molecule has 14 heteroatoms. The molecule has 256 valence electrons. The molecule has 0 saturated carbocycles. The molecule has 45 heavy (non-hydrogen) atoms. The number of pyridine rings is 1. The molecule has 0 spiro atoms. The lowest BCUT2D eigenvalue weighted by atomic mass is 9.99. The molecule has 8 nitrogen and oxygen atoms in total. The number of nitrogens with zero attached hydrogens (tertiary/aromatic N) is 3. The zero-order chi connectivity index (χ0) is 33.3. The van der Waals surface area contributed by atoms with Crippen LogP contribution < -0.4 is 14.2 Å². The quantitative estimate of drug-likeness (QED) is 0.137.